The summed E-state index contributed by atoms with van der Waals surface area (Å²) in [6.45, 7) is 2.55. The van der Waals surface area contributed by atoms with E-state index in [1.807, 2.05) is 49.4 Å². The molecule has 154 valence electrons. The van der Waals surface area contributed by atoms with Gasteiger partial charge in [-0.15, -0.1) is 0 Å². The van der Waals surface area contributed by atoms with Crippen LogP contribution in [-0.4, -0.2) is 24.3 Å². The topological polar surface area (TPSA) is 67.8 Å². The summed E-state index contributed by atoms with van der Waals surface area (Å²) in [5.41, 5.74) is 7.82. The molecule has 5 nitrogen and oxygen atoms in total. The predicted molar refractivity (Wildman–Crippen MR) is 118 cm³/mol. The largest absolute Gasteiger partial charge is 0.491 e. The lowest BCUT2D eigenvalue weighted by molar-refractivity contribution is -0.136. The Morgan fingerprint density at radius 2 is 1.57 bits per heavy atom. The van der Waals surface area contributed by atoms with E-state index < -0.39 is 5.97 Å². The molecule has 3 aromatic rings. The Hall–Kier alpha value is -3.57. The van der Waals surface area contributed by atoms with E-state index in [0.29, 0.717) is 24.5 Å². The SMILES string of the molecule is CC=C(NOCCOc1ccccc1CC(=O)O)c1ccc(-c2ccccc2)cc1. The van der Waals surface area contributed by atoms with Crippen molar-refractivity contribution in [1.82, 2.24) is 5.48 Å². The lowest BCUT2D eigenvalue weighted by atomic mass is 10.0. The van der Waals surface area contributed by atoms with Crippen LogP contribution in [-0.2, 0) is 16.1 Å². The van der Waals surface area contributed by atoms with Crippen LogP contribution in [0.4, 0.5) is 0 Å². The Morgan fingerprint density at radius 1 is 0.900 bits per heavy atom. The number of benzene rings is 3. The Bertz CT molecular complexity index is 982. The zero-order valence-corrected chi connectivity index (χ0v) is 16.9. The molecule has 5 heteroatoms. The lowest BCUT2D eigenvalue weighted by Gasteiger charge is -2.13. The fourth-order valence-electron chi connectivity index (χ4n) is 3.03. The molecular weight excluding hydrogens is 378 g/mol. The van der Waals surface area contributed by atoms with E-state index in [-0.39, 0.29) is 6.42 Å². The molecule has 0 saturated carbocycles. The molecular formula is C25H25NO4. The van der Waals surface area contributed by atoms with Gasteiger partial charge in [-0.2, -0.15) is 0 Å². The van der Waals surface area contributed by atoms with Gasteiger partial charge in [0.1, 0.15) is 19.0 Å². The summed E-state index contributed by atoms with van der Waals surface area (Å²) in [4.78, 5) is 16.5. The highest BCUT2D eigenvalue weighted by Crippen LogP contribution is 2.22. The average Bonchev–Trinajstić information content (AvgIpc) is 2.78. The molecule has 0 unspecified atom stereocenters. The molecule has 0 heterocycles. The van der Waals surface area contributed by atoms with Crippen LogP contribution >= 0.6 is 0 Å². The molecule has 0 saturated heterocycles. The second-order valence-electron chi connectivity index (χ2n) is 6.62. The van der Waals surface area contributed by atoms with Crippen molar-refractivity contribution < 1.29 is 19.5 Å². The second-order valence-corrected chi connectivity index (χ2v) is 6.62. The number of hydroxylamine groups is 1. The van der Waals surface area contributed by atoms with Gasteiger partial charge in [-0.1, -0.05) is 78.9 Å². The van der Waals surface area contributed by atoms with E-state index in [1.165, 1.54) is 5.56 Å². The van der Waals surface area contributed by atoms with Crippen LogP contribution < -0.4 is 10.2 Å². The number of nitrogens with one attached hydrogen (secondary N) is 1. The number of allylic oxidation sites excluding steroid dienone is 1. The lowest BCUT2D eigenvalue weighted by Crippen LogP contribution is -2.18. The van der Waals surface area contributed by atoms with Gasteiger partial charge in [0.25, 0.3) is 0 Å². The summed E-state index contributed by atoms with van der Waals surface area (Å²) in [7, 11) is 0. The van der Waals surface area contributed by atoms with Crippen molar-refractivity contribution >= 4 is 11.7 Å². The van der Waals surface area contributed by atoms with Crippen molar-refractivity contribution in [2.45, 2.75) is 13.3 Å². The summed E-state index contributed by atoms with van der Waals surface area (Å²) in [5.74, 6) is -0.328. The van der Waals surface area contributed by atoms with Crippen molar-refractivity contribution in [2.24, 2.45) is 0 Å². The fraction of sp³-hybridized carbons (Fsp3) is 0.160. The van der Waals surface area contributed by atoms with Gasteiger partial charge in [0, 0.05) is 5.56 Å². The van der Waals surface area contributed by atoms with Gasteiger partial charge < -0.3 is 9.84 Å². The van der Waals surface area contributed by atoms with Crippen LogP contribution in [0.3, 0.4) is 0 Å². The van der Waals surface area contributed by atoms with E-state index in [1.54, 1.807) is 18.2 Å². The molecule has 0 spiro atoms. The summed E-state index contributed by atoms with van der Waals surface area (Å²) < 4.78 is 5.68. The number of carboxylic acid groups (broad SMARTS) is 1. The van der Waals surface area contributed by atoms with Gasteiger partial charge in [0.2, 0.25) is 0 Å². The van der Waals surface area contributed by atoms with Gasteiger partial charge in [-0.25, -0.2) is 0 Å². The third kappa shape index (κ3) is 5.96. The highest BCUT2D eigenvalue weighted by molar-refractivity contribution is 5.71. The van der Waals surface area contributed by atoms with Gasteiger partial charge in [0.05, 0.1) is 12.1 Å². The van der Waals surface area contributed by atoms with Crippen molar-refractivity contribution in [1.29, 1.82) is 0 Å². The highest BCUT2D eigenvalue weighted by Gasteiger charge is 2.07. The first-order chi connectivity index (χ1) is 14.7. The second kappa shape index (κ2) is 10.8. The van der Waals surface area contributed by atoms with Crippen LogP contribution in [0.1, 0.15) is 18.1 Å². The maximum absolute atomic E-state index is 10.9. The third-order valence-electron chi connectivity index (χ3n) is 4.53. The maximum Gasteiger partial charge on any atom is 0.307 e. The van der Waals surface area contributed by atoms with Crippen LogP contribution in [0, 0.1) is 0 Å². The van der Waals surface area contributed by atoms with Gasteiger partial charge in [0.15, 0.2) is 0 Å². The molecule has 0 aliphatic heterocycles. The maximum atomic E-state index is 10.9. The van der Waals surface area contributed by atoms with Gasteiger partial charge in [-0.3, -0.25) is 15.1 Å². The van der Waals surface area contributed by atoms with E-state index in [0.717, 1.165) is 16.8 Å². The molecule has 3 aromatic carbocycles. The molecule has 0 radical (unpaired) electrons. The van der Waals surface area contributed by atoms with E-state index in [4.69, 9.17) is 14.7 Å². The zero-order valence-electron chi connectivity index (χ0n) is 16.9. The van der Waals surface area contributed by atoms with Crippen molar-refractivity contribution in [3.63, 3.8) is 0 Å². The molecule has 0 aromatic heterocycles. The molecule has 3 rings (SSSR count). The average molecular weight is 403 g/mol. The molecule has 0 aliphatic rings. The number of para-hydroxylation sites is 1. The fourth-order valence-corrected chi connectivity index (χ4v) is 3.03. The molecule has 30 heavy (non-hydrogen) atoms. The van der Waals surface area contributed by atoms with E-state index >= 15 is 0 Å². The molecule has 0 amide bonds. The van der Waals surface area contributed by atoms with Crippen molar-refractivity contribution in [2.75, 3.05) is 13.2 Å². The number of carbonyl (C=O) groups is 1. The standard InChI is InChI=1S/C25H25NO4/c1-2-23(21-14-12-20(13-15-21)19-8-4-3-5-9-19)26-30-17-16-29-24-11-7-6-10-22(24)18-25(27)28/h2-15,26H,16-18H2,1H3,(H,27,28). The molecule has 0 fully saturated rings. The van der Waals surface area contributed by atoms with Crippen LogP contribution in [0.2, 0.25) is 0 Å². The molecule has 0 aliphatic carbocycles. The smallest absolute Gasteiger partial charge is 0.307 e. The Balaban J connectivity index is 1.49. The number of hydrogen-bond donors (Lipinski definition) is 2. The van der Waals surface area contributed by atoms with Crippen LogP contribution in [0.5, 0.6) is 5.75 Å². The summed E-state index contributed by atoms with van der Waals surface area (Å²) in [5, 5.41) is 8.98. The summed E-state index contributed by atoms with van der Waals surface area (Å²) >= 11 is 0. The molecule has 2 N–H and O–H groups in total. The van der Waals surface area contributed by atoms with Gasteiger partial charge in [-0.05, 0) is 29.7 Å². The first-order valence-electron chi connectivity index (χ1n) is 9.80. The van der Waals surface area contributed by atoms with E-state index in [9.17, 15) is 4.79 Å². The summed E-state index contributed by atoms with van der Waals surface area (Å²) in [6, 6.07) is 25.6. The Morgan fingerprint density at radius 3 is 2.27 bits per heavy atom. The minimum Gasteiger partial charge on any atom is -0.491 e. The minimum absolute atomic E-state index is 0.0724. The highest BCUT2D eigenvalue weighted by atomic mass is 16.7. The van der Waals surface area contributed by atoms with Crippen LogP contribution in [0.25, 0.3) is 16.8 Å². The predicted octanol–water partition coefficient (Wildman–Crippen LogP) is 4.94. The number of hydrogen-bond acceptors (Lipinski definition) is 4. The monoisotopic (exact) mass is 403 g/mol. The van der Waals surface area contributed by atoms with Crippen molar-refractivity contribution in [3.05, 3.63) is 96.1 Å². The Kier molecular flexibility index (Phi) is 7.64. The normalized spacial score (nSPS) is 11.2. The minimum atomic E-state index is -0.889. The Labute approximate surface area is 176 Å². The first kappa shape index (κ1) is 21.1. The van der Waals surface area contributed by atoms with Gasteiger partial charge >= 0.3 is 5.97 Å². The third-order valence-corrected chi connectivity index (χ3v) is 4.53. The van der Waals surface area contributed by atoms with Crippen LogP contribution in [0.15, 0.2) is 84.9 Å². The van der Waals surface area contributed by atoms with Crippen molar-refractivity contribution in [3.8, 4) is 16.9 Å². The summed E-state index contributed by atoms with van der Waals surface area (Å²) in [6.07, 6.45) is 1.87. The number of rotatable bonds is 10. The zero-order chi connectivity index (χ0) is 21.2. The quantitative estimate of drug-likeness (QED) is 0.371. The number of ether oxygens (including phenoxy) is 1. The molecule has 0 atom stereocenters. The molecule has 0 bridgehead atoms. The first-order valence-corrected chi connectivity index (χ1v) is 9.80. The van der Waals surface area contributed by atoms with E-state index in [2.05, 4.69) is 29.7 Å². The number of carboxylic acids is 1. The number of aliphatic carboxylic acids is 1.